The van der Waals surface area contributed by atoms with Crippen molar-refractivity contribution in [2.75, 3.05) is 11.9 Å². The van der Waals surface area contributed by atoms with Crippen LogP contribution in [0, 0.1) is 11.6 Å². The van der Waals surface area contributed by atoms with E-state index in [1.807, 2.05) is 20.8 Å². The van der Waals surface area contributed by atoms with Gasteiger partial charge in [0, 0.05) is 24.4 Å². The van der Waals surface area contributed by atoms with E-state index < -0.39 is 17.5 Å². The Hall–Kier alpha value is -2.90. The number of carbonyl (C=O) groups is 2. The Kier molecular flexibility index (Phi) is 5.97. The number of nitrogens with one attached hydrogen (secondary N) is 2. The summed E-state index contributed by atoms with van der Waals surface area (Å²) in [5, 5.41) is 5.03. The smallest absolute Gasteiger partial charge is 0.254 e. The first-order chi connectivity index (χ1) is 12.2. The van der Waals surface area contributed by atoms with E-state index >= 15 is 0 Å². The summed E-state index contributed by atoms with van der Waals surface area (Å²) in [7, 11) is 0. The fourth-order valence-electron chi connectivity index (χ4n) is 2.06. The number of amides is 2. The molecule has 1 aromatic carbocycles. The summed E-state index contributed by atoms with van der Waals surface area (Å²) in [6.45, 7) is 5.94. The number of aromatic nitrogens is 2. The van der Waals surface area contributed by atoms with Gasteiger partial charge in [-0.2, -0.15) is 0 Å². The van der Waals surface area contributed by atoms with Crippen molar-refractivity contribution in [1.82, 2.24) is 15.3 Å². The van der Waals surface area contributed by atoms with Crippen molar-refractivity contribution in [2.24, 2.45) is 0 Å². The van der Waals surface area contributed by atoms with Crippen LogP contribution in [0.3, 0.4) is 0 Å². The second kappa shape index (κ2) is 7.99. The molecule has 8 heteroatoms. The third kappa shape index (κ3) is 5.30. The topological polar surface area (TPSA) is 84.0 Å². The number of anilines is 1. The van der Waals surface area contributed by atoms with Gasteiger partial charge in [0.2, 0.25) is 5.91 Å². The first-order valence-electron chi connectivity index (χ1n) is 8.02. The Labute approximate surface area is 150 Å². The largest absolute Gasteiger partial charge is 0.351 e. The first-order valence-corrected chi connectivity index (χ1v) is 8.02. The summed E-state index contributed by atoms with van der Waals surface area (Å²) in [5.41, 5.74) is -0.0282. The van der Waals surface area contributed by atoms with Crippen LogP contribution in [0.1, 0.15) is 43.4 Å². The molecule has 2 aromatic rings. The number of benzene rings is 1. The molecular weight excluding hydrogens is 342 g/mol. The molecular formula is C18H20F2N4O2. The highest BCUT2D eigenvalue weighted by Gasteiger charge is 2.17. The molecule has 0 atom stereocenters. The molecule has 0 saturated heterocycles. The van der Waals surface area contributed by atoms with Crippen molar-refractivity contribution in [3.8, 4) is 0 Å². The van der Waals surface area contributed by atoms with Crippen LogP contribution >= 0.6 is 0 Å². The Balaban J connectivity index is 1.82. The molecule has 6 nitrogen and oxygen atoms in total. The van der Waals surface area contributed by atoms with E-state index in [0.29, 0.717) is 17.6 Å². The lowest BCUT2D eigenvalue weighted by molar-refractivity contribution is -0.116. The molecule has 0 bridgehead atoms. The molecule has 0 spiro atoms. The number of hydrogen-bond donors (Lipinski definition) is 2. The number of halogens is 2. The van der Waals surface area contributed by atoms with E-state index in [1.54, 1.807) is 0 Å². The molecule has 2 rings (SSSR count). The number of rotatable bonds is 5. The summed E-state index contributed by atoms with van der Waals surface area (Å²) in [6, 6.07) is 2.67. The molecule has 1 heterocycles. The fourth-order valence-corrected chi connectivity index (χ4v) is 2.06. The predicted octanol–water partition coefficient (Wildman–Crippen LogP) is 2.81. The summed E-state index contributed by atoms with van der Waals surface area (Å²) in [5.74, 6) is -2.13. The number of carbonyl (C=O) groups excluding carboxylic acids is 2. The highest BCUT2D eigenvalue weighted by atomic mass is 19.1. The van der Waals surface area contributed by atoms with Crippen LogP contribution in [0.5, 0.6) is 0 Å². The zero-order valence-electron chi connectivity index (χ0n) is 14.8. The lowest BCUT2D eigenvalue weighted by Gasteiger charge is -2.16. The third-order valence-corrected chi connectivity index (χ3v) is 3.42. The second-order valence-electron chi connectivity index (χ2n) is 6.72. The van der Waals surface area contributed by atoms with Crippen LogP contribution in [-0.4, -0.2) is 28.3 Å². The maximum Gasteiger partial charge on any atom is 0.254 e. The highest BCUT2D eigenvalue weighted by Crippen LogP contribution is 2.18. The zero-order chi connectivity index (χ0) is 19.3. The lowest BCUT2D eigenvalue weighted by atomic mass is 9.96. The minimum absolute atomic E-state index is 0.00240. The van der Waals surface area contributed by atoms with Crippen LogP contribution in [0.15, 0.2) is 30.6 Å². The number of nitrogens with zero attached hydrogens (tertiary/aromatic N) is 2. The molecule has 0 saturated carbocycles. The third-order valence-electron chi connectivity index (χ3n) is 3.42. The van der Waals surface area contributed by atoms with Crippen LogP contribution < -0.4 is 10.6 Å². The SMILES string of the molecule is CC(C)(C)c1ncc(NC(=O)CCNC(=O)c2ccc(F)cc2F)cn1. The second-order valence-corrected chi connectivity index (χ2v) is 6.72. The molecule has 2 amide bonds. The van der Waals surface area contributed by atoms with Crippen molar-refractivity contribution in [3.63, 3.8) is 0 Å². The van der Waals surface area contributed by atoms with Gasteiger partial charge in [0.25, 0.3) is 5.91 Å². The summed E-state index contributed by atoms with van der Waals surface area (Å²) in [6.07, 6.45) is 3.01. The molecule has 0 aliphatic carbocycles. The average Bonchev–Trinajstić information content (AvgIpc) is 2.54. The fraction of sp³-hybridized carbons (Fsp3) is 0.333. The quantitative estimate of drug-likeness (QED) is 0.857. The molecule has 26 heavy (non-hydrogen) atoms. The van der Waals surface area contributed by atoms with Crippen molar-refractivity contribution in [1.29, 1.82) is 0 Å². The zero-order valence-corrected chi connectivity index (χ0v) is 14.8. The lowest BCUT2D eigenvalue weighted by Crippen LogP contribution is -2.28. The van der Waals surface area contributed by atoms with Crippen LogP contribution in [-0.2, 0) is 10.2 Å². The van der Waals surface area contributed by atoms with Crippen molar-refractivity contribution >= 4 is 17.5 Å². The van der Waals surface area contributed by atoms with E-state index in [9.17, 15) is 18.4 Å². The minimum Gasteiger partial charge on any atom is -0.351 e. The molecule has 138 valence electrons. The van der Waals surface area contributed by atoms with E-state index in [1.165, 1.54) is 12.4 Å². The van der Waals surface area contributed by atoms with Gasteiger partial charge in [-0.15, -0.1) is 0 Å². The Morgan fingerprint density at radius 3 is 2.35 bits per heavy atom. The monoisotopic (exact) mass is 362 g/mol. The Morgan fingerprint density at radius 2 is 1.77 bits per heavy atom. The molecule has 0 radical (unpaired) electrons. The maximum atomic E-state index is 13.5. The van der Waals surface area contributed by atoms with Gasteiger partial charge < -0.3 is 10.6 Å². The molecule has 1 aromatic heterocycles. The van der Waals surface area contributed by atoms with E-state index in [2.05, 4.69) is 20.6 Å². The summed E-state index contributed by atoms with van der Waals surface area (Å²) < 4.78 is 26.3. The predicted molar refractivity (Wildman–Crippen MR) is 92.7 cm³/mol. The van der Waals surface area contributed by atoms with E-state index in [0.717, 1.165) is 12.1 Å². The van der Waals surface area contributed by atoms with Gasteiger partial charge in [0.1, 0.15) is 17.5 Å². The summed E-state index contributed by atoms with van der Waals surface area (Å²) in [4.78, 5) is 32.1. The van der Waals surface area contributed by atoms with Crippen LogP contribution in [0.2, 0.25) is 0 Å². The van der Waals surface area contributed by atoms with Crippen LogP contribution in [0.4, 0.5) is 14.5 Å². The van der Waals surface area contributed by atoms with Gasteiger partial charge in [-0.25, -0.2) is 18.7 Å². The van der Waals surface area contributed by atoms with Crippen molar-refractivity contribution in [2.45, 2.75) is 32.6 Å². The number of hydrogen-bond acceptors (Lipinski definition) is 4. The molecule has 0 fully saturated rings. The van der Waals surface area contributed by atoms with E-state index in [4.69, 9.17) is 0 Å². The van der Waals surface area contributed by atoms with Crippen molar-refractivity contribution < 1.29 is 18.4 Å². The van der Waals surface area contributed by atoms with Gasteiger partial charge in [-0.1, -0.05) is 20.8 Å². The molecule has 0 aliphatic heterocycles. The molecule has 0 aliphatic rings. The van der Waals surface area contributed by atoms with Crippen LogP contribution in [0.25, 0.3) is 0 Å². The summed E-state index contributed by atoms with van der Waals surface area (Å²) >= 11 is 0. The Bertz CT molecular complexity index is 802. The maximum absolute atomic E-state index is 13.5. The first kappa shape index (κ1) is 19.4. The van der Waals surface area contributed by atoms with Gasteiger partial charge in [-0.05, 0) is 12.1 Å². The van der Waals surface area contributed by atoms with Gasteiger partial charge >= 0.3 is 0 Å². The van der Waals surface area contributed by atoms with Crippen molar-refractivity contribution in [3.05, 3.63) is 53.6 Å². The Morgan fingerprint density at radius 1 is 1.12 bits per heavy atom. The van der Waals surface area contributed by atoms with E-state index in [-0.39, 0.29) is 29.9 Å². The standard InChI is InChI=1S/C18H20F2N4O2/c1-18(2,3)17-22-9-12(10-23-17)24-15(25)6-7-21-16(26)13-5-4-11(19)8-14(13)20/h4-5,8-10H,6-7H2,1-3H3,(H,21,26)(H,24,25). The minimum atomic E-state index is -0.956. The molecule has 0 unspecified atom stereocenters. The van der Waals surface area contributed by atoms with Gasteiger partial charge in [0.05, 0.1) is 23.6 Å². The van der Waals surface area contributed by atoms with Gasteiger partial charge in [-0.3, -0.25) is 9.59 Å². The molecule has 2 N–H and O–H groups in total. The average molecular weight is 362 g/mol. The normalized spacial score (nSPS) is 11.1. The highest BCUT2D eigenvalue weighted by molar-refractivity contribution is 5.95. The van der Waals surface area contributed by atoms with Gasteiger partial charge in [0.15, 0.2) is 0 Å².